The van der Waals surface area contributed by atoms with Crippen molar-refractivity contribution in [1.82, 2.24) is 5.43 Å². The number of nitrogens with zero attached hydrogens (tertiary/aromatic N) is 1. The van der Waals surface area contributed by atoms with E-state index in [1.165, 1.54) is 32.1 Å². The molecule has 0 unspecified atom stereocenters. The molecule has 0 aromatic heterocycles. The molecule has 0 aliphatic rings. The molecule has 0 radical (unpaired) electrons. The summed E-state index contributed by atoms with van der Waals surface area (Å²) in [5.41, 5.74) is 3.31. The van der Waals surface area contributed by atoms with Gasteiger partial charge in [0.15, 0.2) is 6.61 Å². The van der Waals surface area contributed by atoms with Gasteiger partial charge in [-0.3, -0.25) is 4.79 Å². The summed E-state index contributed by atoms with van der Waals surface area (Å²) in [4.78, 5) is 11.8. The number of hydrogen-bond donors (Lipinski definition) is 1. The van der Waals surface area contributed by atoms with Crippen LogP contribution < -0.4 is 14.9 Å². The number of carbonyl (C=O) groups is 1. The van der Waals surface area contributed by atoms with E-state index in [1.807, 2.05) is 24.3 Å². The number of halogens is 1. The van der Waals surface area contributed by atoms with Gasteiger partial charge in [-0.15, -0.1) is 0 Å². The number of hydrazone groups is 1. The number of ether oxygens (including phenoxy) is 2. The molecule has 0 saturated heterocycles. The van der Waals surface area contributed by atoms with Crippen LogP contribution in [0.15, 0.2) is 53.6 Å². The van der Waals surface area contributed by atoms with Gasteiger partial charge in [0.2, 0.25) is 0 Å². The number of unbranched alkanes of at least 4 members (excludes halogenated alkanes) is 5. The zero-order chi connectivity index (χ0) is 20.7. The highest BCUT2D eigenvalue weighted by molar-refractivity contribution is 6.30. The summed E-state index contributed by atoms with van der Waals surface area (Å²) in [7, 11) is 0. The summed E-state index contributed by atoms with van der Waals surface area (Å²) >= 11 is 5.80. The number of nitrogens with one attached hydrogen (secondary N) is 1. The van der Waals surface area contributed by atoms with E-state index in [1.54, 1.807) is 30.5 Å². The first kappa shape index (κ1) is 22.8. The minimum absolute atomic E-state index is 0.121. The van der Waals surface area contributed by atoms with Crippen LogP contribution in [0.1, 0.15) is 51.0 Å². The molecule has 6 heteroatoms. The van der Waals surface area contributed by atoms with E-state index in [0.717, 1.165) is 24.3 Å². The maximum atomic E-state index is 11.8. The van der Waals surface area contributed by atoms with E-state index in [2.05, 4.69) is 17.5 Å². The Morgan fingerprint density at radius 3 is 2.28 bits per heavy atom. The third-order valence-electron chi connectivity index (χ3n) is 4.23. The summed E-state index contributed by atoms with van der Waals surface area (Å²) < 4.78 is 11.1. The van der Waals surface area contributed by atoms with Crippen molar-refractivity contribution in [1.29, 1.82) is 0 Å². The highest BCUT2D eigenvalue weighted by Crippen LogP contribution is 2.15. The van der Waals surface area contributed by atoms with Gasteiger partial charge in [0.25, 0.3) is 5.91 Å². The van der Waals surface area contributed by atoms with Crippen molar-refractivity contribution in [3.63, 3.8) is 0 Å². The quantitative estimate of drug-likeness (QED) is 0.262. The van der Waals surface area contributed by atoms with Crippen LogP contribution in [0.5, 0.6) is 11.5 Å². The molecule has 0 aliphatic heterocycles. The Morgan fingerprint density at radius 2 is 1.55 bits per heavy atom. The van der Waals surface area contributed by atoms with E-state index in [-0.39, 0.29) is 12.5 Å². The third-order valence-corrected chi connectivity index (χ3v) is 4.49. The molecule has 29 heavy (non-hydrogen) atoms. The second-order valence-electron chi connectivity index (χ2n) is 6.72. The molecule has 2 rings (SSSR count). The van der Waals surface area contributed by atoms with Gasteiger partial charge in [-0.2, -0.15) is 5.10 Å². The first-order valence-electron chi connectivity index (χ1n) is 10.1. The Bertz CT molecular complexity index is 746. The lowest BCUT2D eigenvalue weighted by Gasteiger charge is -2.06. The van der Waals surface area contributed by atoms with Crippen LogP contribution in [-0.2, 0) is 4.79 Å². The standard InChI is InChI=1S/C23H29ClN2O3/c1-2-3-4-5-6-7-16-28-21-12-8-19(9-13-21)17-25-26-23(27)18-29-22-14-10-20(24)11-15-22/h8-15,17H,2-7,16,18H2,1H3,(H,26,27)/b25-17-. The molecule has 0 aliphatic carbocycles. The van der Waals surface area contributed by atoms with Crippen LogP contribution in [0.3, 0.4) is 0 Å². The number of carbonyl (C=O) groups excluding carboxylic acids is 1. The lowest BCUT2D eigenvalue weighted by molar-refractivity contribution is -0.123. The predicted molar refractivity (Wildman–Crippen MR) is 118 cm³/mol. The number of benzene rings is 2. The van der Waals surface area contributed by atoms with Crippen molar-refractivity contribution in [3.8, 4) is 11.5 Å². The van der Waals surface area contributed by atoms with Crippen LogP contribution >= 0.6 is 11.6 Å². The molecule has 0 saturated carbocycles. The average molecular weight is 417 g/mol. The highest BCUT2D eigenvalue weighted by atomic mass is 35.5. The number of amides is 1. The van der Waals surface area contributed by atoms with E-state index < -0.39 is 0 Å². The fourth-order valence-electron chi connectivity index (χ4n) is 2.61. The van der Waals surface area contributed by atoms with Crippen molar-refractivity contribution >= 4 is 23.7 Å². The molecule has 1 N–H and O–H groups in total. The maximum Gasteiger partial charge on any atom is 0.277 e. The minimum Gasteiger partial charge on any atom is -0.494 e. The summed E-state index contributed by atoms with van der Waals surface area (Å²) in [6.07, 6.45) is 9.06. The molecule has 1 amide bonds. The van der Waals surface area contributed by atoms with E-state index in [4.69, 9.17) is 21.1 Å². The van der Waals surface area contributed by atoms with Crippen LogP contribution in [0.25, 0.3) is 0 Å². The number of rotatable bonds is 13. The second-order valence-corrected chi connectivity index (χ2v) is 7.16. The predicted octanol–water partition coefficient (Wildman–Crippen LogP) is 5.61. The normalized spacial score (nSPS) is 10.8. The Labute approximate surface area is 178 Å². The largest absolute Gasteiger partial charge is 0.494 e. The molecular formula is C23H29ClN2O3. The van der Waals surface area contributed by atoms with Crippen molar-refractivity contribution in [3.05, 3.63) is 59.1 Å². The van der Waals surface area contributed by atoms with Crippen LogP contribution in [0.4, 0.5) is 0 Å². The van der Waals surface area contributed by atoms with Gasteiger partial charge in [-0.05, 0) is 60.5 Å². The molecule has 0 spiro atoms. The van der Waals surface area contributed by atoms with Crippen molar-refractivity contribution in [2.75, 3.05) is 13.2 Å². The van der Waals surface area contributed by atoms with Crippen molar-refractivity contribution in [2.45, 2.75) is 45.4 Å². The van der Waals surface area contributed by atoms with E-state index >= 15 is 0 Å². The smallest absolute Gasteiger partial charge is 0.277 e. The van der Waals surface area contributed by atoms with Crippen LogP contribution in [-0.4, -0.2) is 25.3 Å². The Hall–Kier alpha value is -2.53. The monoisotopic (exact) mass is 416 g/mol. The Kier molecular flexibility index (Phi) is 10.7. The summed E-state index contributed by atoms with van der Waals surface area (Å²) in [5, 5.41) is 4.56. The molecule has 5 nitrogen and oxygen atoms in total. The van der Waals surface area contributed by atoms with Gasteiger partial charge < -0.3 is 9.47 Å². The third kappa shape index (κ3) is 9.99. The second kappa shape index (κ2) is 13.6. The van der Waals surface area contributed by atoms with Gasteiger partial charge in [0.1, 0.15) is 11.5 Å². The van der Waals surface area contributed by atoms with Gasteiger partial charge in [0, 0.05) is 5.02 Å². The molecule has 0 bridgehead atoms. The van der Waals surface area contributed by atoms with E-state index in [9.17, 15) is 4.79 Å². The lowest BCUT2D eigenvalue weighted by Crippen LogP contribution is -2.24. The molecule has 0 atom stereocenters. The van der Waals surface area contributed by atoms with Crippen LogP contribution in [0, 0.1) is 0 Å². The molecule has 156 valence electrons. The van der Waals surface area contributed by atoms with Gasteiger partial charge >= 0.3 is 0 Å². The first-order chi connectivity index (χ1) is 14.2. The number of hydrogen-bond acceptors (Lipinski definition) is 4. The Balaban J connectivity index is 1.62. The summed E-state index contributed by atoms with van der Waals surface area (Å²) in [5.74, 6) is 1.08. The Morgan fingerprint density at radius 1 is 0.931 bits per heavy atom. The topological polar surface area (TPSA) is 59.9 Å². The van der Waals surface area contributed by atoms with Gasteiger partial charge in [-0.25, -0.2) is 5.43 Å². The van der Waals surface area contributed by atoms with Gasteiger partial charge in [-0.1, -0.05) is 50.6 Å². The first-order valence-corrected chi connectivity index (χ1v) is 10.5. The highest BCUT2D eigenvalue weighted by Gasteiger charge is 2.01. The zero-order valence-corrected chi connectivity index (χ0v) is 17.7. The molecule has 2 aromatic carbocycles. The lowest BCUT2D eigenvalue weighted by atomic mass is 10.1. The van der Waals surface area contributed by atoms with E-state index in [0.29, 0.717) is 10.8 Å². The van der Waals surface area contributed by atoms with Crippen LogP contribution in [0.2, 0.25) is 5.02 Å². The van der Waals surface area contributed by atoms with Crippen molar-refractivity contribution in [2.24, 2.45) is 5.10 Å². The average Bonchev–Trinajstić information content (AvgIpc) is 2.74. The maximum absolute atomic E-state index is 11.8. The van der Waals surface area contributed by atoms with Crippen molar-refractivity contribution < 1.29 is 14.3 Å². The summed E-state index contributed by atoms with van der Waals surface area (Å²) in [6, 6.07) is 14.4. The molecule has 0 heterocycles. The van der Waals surface area contributed by atoms with Gasteiger partial charge in [0.05, 0.1) is 12.8 Å². The SMILES string of the molecule is CCCCCCCCOc1ccc(/C=N\NC(=O)COc2ccc(Cl)cc2)cc1. The molecular weight excluding hydrogens is 388 g/mol. The fraction of sp³-hybridized carbons (Fsp3) is 0.391. The minimum atomic E-state index is -0.338. The fourth-order valence-corrected chi connectivity index (χ4v) is 2.74. The summed E-state index contributed by atoms with van der Waals surface area (Å²) in [6.45, 7) is 2.84. The zero-order valence-electron chi connectivity index (χ0n) is 16.9. The molecule has 0 fully saturated rings. The molecule has 2 aromatic rings.